The molecule has 5 heterocycles. The van der Waals surface area contributed by atoms with Gasteiger partial charge in [0.25, 0.3) is 0 Å². The standard InChI is InChI=1S/C36H36FN9O2/c1-3-36(35(48)41-28-10-11-30-29(19-28)33(43-42-30)25-5-8-27(37)9-6-25)13-16-44(23-36)22-32(47)46-18-17-45(21-24(46)2)31-12-7-26(20-40-31)34-38-14-4-15-39-34/h1,4-10,12,14-15,19-20,24,30,42H,11,13,16-18,21-23H2,2H3,(H,41,48)/t24-,30?,36?/m1/s1. The van der Waals surface area contributed by atoms with Crippen LogP contribution in [0.4, 0.5) is 10.2 Å². The van der Waals surface area contributed by atoms with Crippen molar-refractivity contribution in [1.82, 2.24) is 35.5 Å². The van der Waals surface area contributed by atoms with Crippen molar-refractivity contribution in [2.24, 2.45) is 10.5 Å². The van der Waals surface area contributed by atoms with Gasteiger partial charge in [-0.15, -0.1) is 6.42 Å². The molecule has 2 fully saturated rings. The minimum Gasteiger partial charge on any atom is -0.353 e. The van der Waals surface area contributed by atoms with Crippen molar-refractivity contribution < 1.29 is 14.0 Å². The molecule has 7 rings (SSSR count). The lowest BCUT2D eigenvalue weighted by Gasteiger charge is -2.41. The third-order valence-electron chi connectivity index (χ3n) is 9.50. The number of halogens is 1. The van der Waals surface area contributed by atoms with E-state index in [1.807, 2.05) is 41.0 Å². The van der Waals surface area contributed by atoms with Gasteiger partial charge in [0.2, 0.25) is 11.8 Å². The van der Waals surface area contributed by atoms with E-state index >= 15 is 0 Å². The molecular formula is C36H36FN9O2. The molecule has 2 aromatic heterocycles. The molecule has 4 aliphatic rings. The first-order valence-corrected chi connectivity index (χ1v) is 16.1. The van der Waals surface area contributed by atoms with Gasteiger partial charge in [0.05, 0.1) is 18.3 Å². The Labute approximate surface area is 278 Å². The maximum Gasteiger partial charge on any atom is 0.244 e. The summed E-state index contributed by atoms with van der Waals surface area (Å²) in [4.78, 5) is 46.4. The Hall–Kier alpha value is -5.41. The van der Waals surface area contributed by atoms with E-state index in [-0.39, 0.29) is 36.3 Å². The summed E-state index contributed by atoms with van der Waals surface area (Å²) >= 11 is 0. The van der Waals surface area contributed by atoms with E-state index in [0.29, 0.717) is 57.1 Å². The molecule has 0 radical (unpaired) electrons. The van der Waals surface area contributed by atoms with Crippen LogP contribution < -0.4 is 15.6 Å². The molecule has 2 unspecified atom stereocenters. The van der Waals surface area contributed by atoms with E-state index in [1.54, 1.807) is 36.8 Å². The van der Waals surface area contributed by atoms with Crippen LogP contribution in [0.15, 0.2) is 89.6 Å². The average Bonchev–Trinajstić information content (AvgIpc) is 3.74. The van der Waals surface area contributed by atoms with Gasteiger partial charge in [-0.25, -0.2) is 19.3 Å². The van der Waals surface area contributed by atoms with Gasteiger partial charge in [-0.3, -0.25) is 14.5 Å². The summed E-state index contributed by atoms with van der Waals surface area (Å²) in [5, 5.41) is 7.50. The molecule has 2 N–H and O–H groups in total. The number of piperazine rings is 1. The smallest absolute Gasteiger partial charge is 0.244 e. The summed E-state index contributed by atoms with van der Waals surface area (Å²) in [6.07, 6.45) is 16.1. The Morgan fingerprint density at radius 1 is 1.08 bits per heavy atom. The molecule has 48 heavy (non-hydrogen) atoms. The van der Waals surface area contributed by atoms with Crippen molar-refractivity contribution in [3.63, 3.8) is 0 Å². The lowest BCUT2D eigenvalue weighted by Crippen LogP contribution is -2.56. The Morgan fingerprint density at radius 3 is 2.60 bits per heavy atom. The summed E-state index contributed by atoms with van der Waals surface area (Å²) in [7, 11) is 0. The Kier molecular flexibility index (Phi) is 8.45. The molecule has 2 amide bonds. The van der Waals surface area contributed by atoms with Crippen molar-refractivity contribution in [1.29, 1.82) is 0 Å². The maximum atomic E-state index is 13.7. The second kappa shape index (κ2) is 13.0. The highest BCUT2D eigenvalue weighted by molar-refractivity contribution is 6.15. The quantitative estimate of drug-likeness (QED) is 0.377. The SMILES string of the molecule is C#CC1(C(=O)NC2=CCC3NN=C(c4ccc(F)cc4)C3=C2)CCN(CC(=O)N2CCN(c3ccc(-c4ncccn4)cn3)C[C@H]2C)C1. The van der Waals surface area contributed by atoms with Crippen LogP contribution in [0.2, 0.25) is 0 Å². The van der Waals surface area contributed by atoms with Crippen LogP contribution in [0, 0.1) is 23.6 Å². The Morgan fingerprint density at radius 2 is 1.88 bits per heavy atom. The topological polar surface area (TPSA) is 119 Å². The number of terminal acetylenes is 1. The molecule has 0 spiro atoms. The van der Waals surface area contributed by atoms with Gasteiger partial charge < -0.3 is 20.5 Å². The fourth-order valence-corrected chi connectivity index (χ4v) is 6.80. The molecule has 0 bridgehead atoms. The van der Waals surface area contributed by atoms with Gasteiger partial charge in [0.15, 0.2) is 5.82 Å². The third kappa shape index (κ3) is 6.16. The number of hydrazone groups is 1. The number of benzene rings is 1. The normalized spacial score (nSPS) is 23.7. The van der Waals surface area contributed by atoms with Crippen LogP contribution in [0.5, 0.6) is 0 Å². The number of anilines is 1. The monoisotopic (exact) mass is 645 g/mol. The first-order chi connectivity index (χ1) is 23.3. The summed E-state index contributed by atoms with van der Waals surface area (Å²) in [5.41, 5.74) is 6.02. The number of hydrogen-bond acceptors (Lipinski definition) is 9. The number of fused-ring (bicyclic) bond motifs is 1. The number of carbonyl (C=O) groups excluding carboxylic acids is 2. The molecule has 1 aliphatic carbocycles. The first kappa shape index (κ1) is 31.2. The molecule has 3 aromatic rings. The number of rotatable bonds is 7. The highest BCUT2D eigenvalue weighted by Crippen LogP contribution is 2.32. The van der Waals surface area contributed by atoms with Crippen LogP contribution >= 0.6 is 0 Å². The van der Waals surface area contributed by atoms with E-state index in [9.17, 15) is 14.0 Å². The molecule has 12 heteroatoms. The lowest BCUT2D eigenvalue weighted by atomic mass is 9.86. The molecule has 11 nitrogen and oxygen atoms in total. The van der Waals surface area contributed by atoms with Crippen LogP contribution in [-0.4, -0.2) is 93.6 Å². The van der Waals surface area contributed by atoms with Crippen molar-refractivity contribution in [2.45, 2.75) is 31.8 Å². The molecule has 2 saturated heterocycles. The summed E-state index contributed by atoms with van der Waals surface area (Å²) in [5.74, 6) is 3.69. The van der Waals surface area contributed by atoms with Crippen LogP contribution in [0.1, 0.15) is 25.3 Å². The number of carbonyl (C=O) groups is 2. The van der Waals surface area contributed by atoms with E-state index in [1.165, 1.54) is 12.1 Å². The largest absolute Gasteiger partial charge is 0.353 e. The van der Waals surface area contributed by atoms with Gasteiger partial charge >= 0.3 is 0 Å². The van der Waals surface area contributed by atoms with Crippen molar-refractivity contribution >= 4 is 23.3 Å². The first-order valence-electron chi connectivity index (χ1n) is 16.1. The van der Waals surface area contributed by atoms with Gasteiger partial charge in [-0.1, -0.05) is 12.0 Å². The predicted octanol–water partition coefficient (Wildman–Crippen LogP) is 2.75. The highest BCUT2D eigenvalue weighted by atomic mass is 19.1. The number of amides is 2. The molecule has 3 aliphatic heterocycles. The zero-order chi connectivity index (χ0) is 33.3. The van der Waals surface area contributed by atoms with Crippen LogP contribution in [0.3, 0.4) is 0 Å². The van der Waals surface area contributed by atoms with Crippen molar-refractivity contribution in [2.75, 3.05) is 44.2 Å². The molecule has 3 atom stereocenters. The number of nitrogens with one attached hydrogen (secondary N) is 2. The zero-order valence-corrected chi connectivity index (χ0v) is 26.6. The number of nitrogens with zero attached hydrogens (tertiary/aromatic N) is 7. The van der Waals surface area contributed by atoms with E-state index in [0.717, 1.165) is 28.2 Å². The van der Waals surface area contributed by atoms with Gasteiger partial charge in [-0.2, -0.15) is 5.10 Å². The number of allylic oxidation sites excluding steroid dienone is 1. The number of likely N-dealkylation sites (tertiary alicyclic amines) is 1. The Bertz CT molecular complexity index is 1840. The lowest BCUT2D eigenvalue weighted by molar-refractivity contribution is -0.135. The Balaban J connectivity index is 0.936. The molecule has 0 saturated carbocycles. The van der Waals surface area contributed by atoms with Gasteiger partial charge in [-0.05, 0) is 68.3 Å². The van der Waals surface area contributed by atoms with Crippen LogP contribution in [0.25, 0.3) is 11.4 Å². The maximum absolute atomic E-state index is 13.7. The second-order valence-corrected chi connectivity index (χ2v) is 12.6. The highest BCUT2D eigenvalue weighted by Gasteiger charge is 2.44. The molecule has 1 aromatic carbocycles. The number of pyridine rings is 1. The van der Waals surface area contributed by atoms with E-state index in [2.05, 4.69) is 41.6 Å². The fraction of sp³-hybridized carbons (Fsp3) is 0.333. The third-order valence-corrected chi connectivity index (χ3v) is 9.50. The minimum absolute atomic E-state index is 0.0167. The van der Waals surface area contributed by atoms with Crippen molar-refractivity contribution in [3.8, 4) is 23.7 Å². The molecule has 244 valence electrons. The predicted molar refractivity (Wildman–Crippen MR) is 180 cm³/mol. The summed E-state index contributed by atoms with van der Waals surface area (Å²) in [6.45, 7) is 4.98. The number of aromatic nitrogens is 3. The average molecular weight is 646 g/mol. The minimum atomic E-state index is -1.05. The van der Waals surface area contributed by atoms with Gasteiger partial charge in [0.1, 0.15) is 17.1 Å². The fourth-order valence-electron chi connectivity index (χ4n) is 6.80. The van der Waals surface area contributed by atoms with Crippen LogP contribution in [-0.2, 0) is 9.59 Å². The summed E-state index contributed by atoms with van der Waals surface area (Å²) in [6, 6.07) is 11.9. The van der Waals surface area contributed by atoms with E-state index in [4.69, 9.17) is 6.42 Å². The van der Waals surface area contributed by atoms with E-state index < -0.39 is 5.41 Å². The zero-order valence-electron chi connectivity index (χ0n) is 26.6. The van der Waals surface area contributed by atoms with Crippen molar-refractivity contribution in [3.05, 3.63) is 95.9 Å². The van der Waals surface area contributed by atoms with Gasteiger partial charge in [0, 0.05) is 79.8 Å². The number of hydrogen-bond donors (Lipinski definition) is 2. The molecular weight excluding hydrogens is 609 g/mol. The second-order valence-electron chi connectivity index (χ2n) is 12.6. The summed E-state index contributed by atoms with van der Waals surface area (Å²) < 4.78 is 13.5.